The van der Waals surface area contributed by atoms with Gasteiger partial charge in [-0.05, 0) is 48.1 Å². The first-order chi connectivity index (χ1) is 10.7. The quantitative estimate of drug-likeness (QED) is 0.723. The largest absolute Gasteiger partial charge is 0.508 e. The molecule has 0 saturated carbocycles. The van der Waals surface area contributed by atoms with E-state index in [1.54, 1.807) is 36.4 Å². The zero-order valence-corrected chi connectivity index (χ0v) is 11.8. The van der Waals surface area contributed by atoms with Gasteiger partial charge in [0.2, 0.25) is 0 Å². The lowest BCUT2D eigenvalue weighted by atomic mass is 10.2. The van der Waals surface area contributed by atoms with Crippen molar-refractivity contribution in [3.8, 4) is 5.75 Å². The van der Waals surface area contributed by atoms with Gasteiger partial charge in [0.15, 0.2) is 5.78 Å². The van der Waals surface area contributed by atoms with Crippen molar-refractivity contribution in [2.45, 2.75) is 0 Å². The molecule has 0 aliphatic heterocycles. The lowest BCUT2D eigenvalue weighted by molar-refractivity contribution is -0.110. The normalized spacial score (nSPS) is 11.6. The Balaban J connectivity index is 1.69. The topological polar surface area (TPSA) is 50.4 Å². The van der Waals surface area contributed by atoms with E-state index in [1.807, 2.05) is 30.3 Å². The molecule has 2 aromatic carbocycles. The molecule has 0 aliphatic carbocycles. The number of benzene rings is 2. The Bertz CT molecular complexity index is 819. The van der Waals surface area contributed by atoms with Crippen LogP contribution in [0.3, 0.4) is 0 Å². The van der Waals surface area contributed by atoms with Gasteiger partial charge in [0.1, 0.15) is 17.1 Å². The van der Waals surface area contributed by atoms with Crippen LogP contribution in [0.25, 0.3) is 23.1 Å². The minimum atomic E-state index is -0.131. The van der Waals surface area contributed by atoms with Gasteiger partial charge in [-0.15, -0.1) is 0 Å². The molecule has 3 rings (SSSR count). The molecular weight excluding hydrogens is 276 g/mol. The minimum Gasteiger partial charge on any atom is -0.508 e. The number of aromatic hydroxyl groups is 1. The molecule has 0 bridgehead atoms. The second-order valence-electron chi connectivity index (χ2n) is 4.85. The molecule has 0 radical (unpaired) electrons. The van der Waals surface area contributed by atoms with E-state index in [0.717, 1.165) is 16.5 Å². The highest BCUT2D eigenvalue weighted by atomic mass is 16.3. The molecular formula is C19H14O3. The van der Waals surface area contributed by atoms with E-state index >= 15 is 0 Å². The first-order valence-electron chi connectivity index (χ1n) is 6.88. The molecule has 1 N–H and O–H groups in total. The summed E-state index contributed by atoms with van der Waals surface area (Å²) in [6.45, 7) is 0. The Hall–Kier alpha value is -3.07. The smallest absolute Gasteiger partial charge is 0.178 e. The van der Waals surface area contributed by atoms with Crippen LogP contribution >= 0.6 is 0 Å². The summed E-state index contributed by atoms with van der Waals surface area (Å²) in [4.78, 5) is 11.8. The fourth-order valence-corrected chi connectivity index (χ4v) is 2.07. The van der Waals surface area contributed by atoms with Gasteiger partial charge in [0.25, 0.3) is 0 Å². The van der Waals surface area contributed by atoms with Crippen molar-refractivity contribution >= 4 is 28.9 Å². The minimum absolute atomic E-state index is 0.131. The van der Waals surface area contributed by atoms with Crippen molar-refractivity contribution in [1.29, 1.82) is 0 Å². The lowest BCUT2D eigenvalue weighted by Crippen LogP contribution is -1.84. The monoisotopic (exact) mass is 290 g/mol. The first-order valence-corrected chi connectivity index (χ1v) is 6.88. The van der Waals surface area contributed by atoms with E-state index in [-0.39, 0.29) is 11.5 Å². The standard InChI is InChI=1S/C19H14O3/c20-16-8-5-14(6-9-16)7-10-17(21)11-12-18-13-15-3-1-2-4-19(15)22-18/h1-13,20H. The second kappa shape index (κ2) is 6.14. The van der Waals surface area contributed by atoms with E-state index in [9.17, 15) is 9.90 Å². The van der Waals surface area contributed by atoms with Gasteiger partial charge >= 0.3 is 0 Å². The fourth-order valence-electron chi connectivity index (χ4n) is 2.07. The van der Waals surface area contributed by atoms with Gasteiger partial charge in [-0.25, -0.2) is 0 Å². The summed E-state index contributed by atoms with van der Waals surface area (Å²) in [5, 5.41) is 10.2. The SMILES string of the molecule is O=C(C=Cc1ccc(O)cc1)C=Cc1cc2ccccc2o1. The van der Waals surface area contributed by atoms with E-state index in [2.05, 4.69) is 0 Å². The van der Waals surface area contributed by atoms with Crippen molar-refractivity contribution in [3.63, 3.8) is 0 Å². The summed E-state index contributed by atoms with van der Waals surface area (Å²) in [5.74, 6) is 0.717. The number of carbonyl (C=O) groups is 1. The molecule has 108 valence electrons. The number of fused-ring (bicyclic) bond motifs is 1. The summed E-state index contributed by atoms with van der Waals surface area (Å²) in [7, 11) is 0. The average Bonchev–Trinajstić information content (AvgIpc) is 2.95. The maximum Gasteiger partial charge on any atom is 0.178 e. The molecule has 22 heavy (non-hydrogen) atoms. The third kappa shape index (κ3) is 3.33. The van der Waals surface area contributed by atoms with Crippen molar-refractivity contribution < 1.29 is 14.3 Å². The van der Waals surface area contributed by atoms with Crippen LogP contribution in [0.4, 0.5) is 0 Å². The molecule has 3 aromatic rings. The number of hydrogen-bond donors (Lipinski definition) is 1. The summed E-state index contributed by atoms with van der Waals surface area (Å²) in [5.41, 5.74) is 1.65. The Labute approximate surface area is 127 Å². The molecule has 0 atom stereocenters. The Morgan fingerprint density at radius 2 is 1.68 bits per heavy atom. The van der Waals surface area contributed by atoms with Crippen molar-refractivity contribution in [1.82, 2.24) is 0 Å². The number of ketones is 1. The molecule has 0 fully saturated rings. The van der Waals surface area contributed by atoms with Crippen LogP contribution in [-0.2, 0) is 4.79 Å². The molecule has 1 heterocycles. The number of phenols is 1. The lowest BCUT2D eigenvalue weighted by Gasteiger charge is -1.92. The maximum atomic E-state index is 11.8. The maximum absolute atomic E-state index is 11.8. The van der Waals surface area contributed by atoms with Crippen molar-refractivity contribution in [3.05, 3.63) is 78.1 Å². The van der Waals surface area contributed by atoms with Crippen LogP contribution in [0.1, 0.15) is 11.3 Å². The van der Waals surface area contributed by atoms with Crippen LogP contribution in [0, 0.1) is 0 Å². The molecule has 0 aliphatic rings. The molecule has 0 saturated heterocycles. The predicted molar refractivity (Wildman–Crippen MR) is 87.4 cm³/mol. The Morgan fingerprint density at radius 3 is 2.45 bits per heavy atom. The van der Waals surface area contributed by atoms with E-state index in [0.29, 0.717) is 5.76 Å². The molecule has 0 unspecified atom stereocenters. The highest BCUT2D eigenvalue weighted by Crippen LogP contribution is 2.19. The Kier molecular flexibility index (Phi) is 3.88. The van der Waals surface area contributed by atoms with Crippen LogP contribution < -0.4 is 0 Å². The van der Waals surface area contributed by atoms with E-state index in [1.165, 1.54) is 12.2 Å². The number of hydrogen-bond acceptors (Lipinski definition) is 3. The zero-order chi connectivity index (χ0) is 15.4. The molecule has 3 heteroatoms. The Morgan fingerprint density at radius 1 is 0.955 bits per heavy atom. The van der Waals surface area contributed by atoms with Gasteiger partial charge in [0, 0.05) is 5.39 Å². The number of rotatable bonds is 4. The zero-order valence-electron chi connectivity index (χ0n) is 11.8. The molecule has 1 aromatic heterocycles. The second-order valence-corrected chi connectivity index (χ2v) is 4.85. The summed E-state index contributed by atoms with van der Waals surface area (Å²) >= 11 is 0. The van der Waals surface area contributed by atoms with Crippen molar-refractivity contribution in [2.75, 3.05) is 0 Å². The third-order valence-corrected chi connectivity index (χ3v) is 3.19. The van der Waals surface area contributed by atoms with Crippen LogP contribution in [0.15, 0.2) is 71.2 Å². The van der Waals surface area contributed by atoms with Gasteiger partial charge in [-0.2, -0.15) is 0 Å². The number of para-hydroxylation sites is 1. The summed E-state index contributed by atoms with van der Waals surface area (Å²) in [6, 6.07) is 16.2. The highest BCUT2D eigenvalue weighted by Gasteiger charge is 1.99. The molecule has 3 nitrogen and oxygen atoms in total. The van der Waals surface area contributed by atoms with Crippen LogP contribution in [0.2, 0.25) is 0 Å². The van der Waals surface area contributed by atoms with E-state index in [4.69, 9.17) is 4.42 Å². The van der Waals surface area contributed by atoms with Crippen LogP contribution in [-0.4, -0.2) is 10.9 Å². The summed E-state index contributed by atoms with van der Waals surface area (Å²) < 4.78 is 5.60. The third-order valence-electron chi connectivity index (χ3n) is 3.19. The van der Waals surface area contributed by atoms with E-state index < -0.39 is 0 Å². The van der Waals surface area contributed by atoms with Crippen molar-refractivity contribution in [2.24, 2.45) is 0 Å². The van der Waals surface area contributed by atoms with Gasteiger partial charge in [-0.1, -0.05) is 36.4 Å². The molecule has 0 amide bonds. The predicted octanol–water partition coefficient (Wildman–Crippen LogP) is 4.43. The number of carbonyl (C=O) groups excluding carboxylic acids is 1. The van der Waals surface area contributed by atoms with Gasteiger partial charge in [0.05, 0.1) is 0 Å². The first kappa shape index (κ1) is 13.9. The highest BCUT2D eigenvalue weighted by molar-refractivity contribution is 6.04. The number of allylic oxidation sites excluding steroid dienone is 2. The van der Waals surface area contributed by atoms with Gasteiger partial charge < -0.3 is 9.52 Å². The number of furan rings is 1. The van der Waals surface area contributed by atoms with Gasteiger partial charge in [-0.3, -0.25) is 4.79 Å². The number of phenolic OH excluding ortho intramolecular Hbond substituents is 1. The summed E-state index contributed by atoms with van der Waals surface area (Å²) in [6.07, 6.45) is 6.30. The van der Waals surface area contributed by atoms with Crippen LogP contribution in [0.5, 0.6) is 5.75 Å². The fraction of sp³-hybridized carbons (Fsp3) is 0. The molecule has 0 spiro atoms. The average molecular weight is 290 g/mol.